The van der Waals surface area contributed by atoms with Crippen molar-refractivity contribution < 1.29 is 14.6 Å². The number of piperidine rings is 1. The Labute approximate surface area is 169 Å². The summed E-state index contributed by atoms with van der Waals surface area (Å²) in [5.41, 5.74) is 0.846. The average molecular weight is 404 g/mol. The lowest BCUT2D eigenvalue weighted by atomic mass is 9.85. The first-order chi connectivity index (χ1) is 13.4. The maximum absolute atomic E-state index is 11.3. The first-order valence-corrected chi connectivity index (χ1v) is 10.1. The van der Waals surface area contributed by atoms with Gasteiger partial charge in [-0.1, -0.05) is 11.6 Å². The zero-order chi connectivity index (χ0) is 19.9. The van der Waals surface area contributed by atoms with Crippen molar-refractivity contribution >= 4 is 34.1 Å². The Morgan fingerprint density at radius 1 is 1.32 bits per heavy atom. The first kappa shape index (κ1) is 19.6. The number of nitrogens with zero attached hydrogens (tertiary/aromatic N) is 2. The smallest absolute Gasteiger partial charge is 0.222 e. The van der Waals surface area contributed by atoms with Crippen molar-refractivity contribution in [2.45, 2.75) is 44.2 Å². The number of halogens is 1. The molecular weight excluding hydrogens is 378 g/mol. The Kier molecular flexibility index (Phi) is 5.31. The van der Waals surface area contributed by atoms with Gasteiger partial charge in [-0.25, -0.2) is 4.98 Å². The number of rotatable bonds is 3. The van der Waals surface area contributed by atoms with Crippen molar-refractivity contribution in [3.63, 3.8) is 0 Å². The van der Waals surface area contributed by atoms with Crippen molar-refractivity contribution in [3.05, 3.63) is 35.0 Å². The third kappa shape index (κ3) is 3.62. The molecule has 150 valence electrons. The highest BCUT2D eigenvalue weighted by Crippen LogP contribution is 2.38. The molecule has 0 spiro atoms. The van der Waals surface area contributed by atoms with Crippen LogP contribution in [0.2, 0.25) is 5.02 Å². The van der Waals surface area contributed by atoms with Gasteiger partial charge in [0.2, 0.25) is 5.91 Å². The quantitative estimate of drug-likeness (QED) is 0.823. The molecule has 1 amide bonds. The van der Waals surface area contributed by atoms with E-state index >= 15 is 0 Å². The average Bonchev–Trinajstić information content (AvgIpc) is 3.01. The Morgan fingerprint density at radius 2 is 2.07 bits per heavy atom. The Morgan fingerprint density at radius 3 is 2.71 bits per heavy atom. The van der Waals surface area contributed by atoms with E-state index in [1.54, 1.807) is 6.20 Å². The molecule has 6 nitrogen and oxygen atoms in total. The van der Waals surface area contributed by atoms with Gasteiger partial charge in [-0.3, -0.25) is 9.69 Å². The van der Waals surface area contributed by atoms with Gasteiger partial charge < -0.3 is 15.2 Å². The van der Waals surface area contributed by atoms with Gasteiger partial charge >= 0.3 is 0 Å². The Bertz CT molecular complexity index is 898. The minimum absolute atomic E-state index is 0.139. The zero-order valence-corrected chi connectivity index (χ0v) is 17.0. The van der Waals surface area contributed by atoms with Gasteiger partial charge in [0.15, 0.2) is 0 Å². The SMILES string of the molecule is CC(=O)Nc1cc2cc(C3CCN(C4(C)COCC4O)CC3)c(Cl)cc2cn1. The summed E-state index contributed by atoms with van der Waals surface area (Å²) in [4.78, 5) is 17.9. The number of amides is 1. The largest absolute Gasteiger partial charge is 0.389 e. The summed E-state index contributed by atoms with van der Waals surface area (Å²) < 4.78 is 5.49. The lowest BCUT2D eigenvalue weighted by molar-refractivity contribution is -0.114. The molecule has 7 heteroatoms. The lowest BCUT2D eigenvalue weighted by Gasteiger charge is -2.43. The first-order valence-electron chi connectivity index (χ1n) is 9.74. The molecule has 2 N–H and O–H groups in total. The van der Waals surface area contributed by atoms with E-state index in [1.807, 2.05) is 12.1 Å². The number of aromatic nitrogens is 1. The summed E-state index contributed by atoms with van der Waals surface area (Å²) in [6.07, 6.45) is 3.27. The molecule has 4 rings (SSSR count). The molecule has 0 saturated carbocycles. The number of carbonyl (C=O) groups is 1. The van der Waals surface area contributed by atoms with Gasteiger partial charge in [0.1, 0.15) is 5.82 Å². The van der Waals surface area contributed by atoms with Crippen LogP contribution in [0.1, 0.15) is 38.2 Å². The van der Waals surface area contributed by atoms with Crippen LogP contribution in [0.4, 0.5) is 5.82 Å². The lowest BCUT2D eigenvalue weighted by Crippen LogP contribution is -2.56. The Hall–Kier alpha value is -1.73. The van der Waals surface area contributed by atoms with Crippen LogP contribution in [0.15, 0.2) is 24.4 Å². The summed E-state index contributed by atoms with van der Waals surface area (Å²) >= 11 is 6.60. The van der Waals surface area contributed by atoms with E-state index in [-0.39, 0.29) is 11.4 Å². The summed E-state index contributed by atoms with van der Waals surface area (Å²) in [6, 6.07) is 5.97. The fourth-order valence-electron chi connectivity index (χ4n) is 4.40. The summed E-state index contributed by atoms with van der Waals surface area (Å²) in [5.74, 6) is 0.778. The molecule has 2 aromatic rings. The number of pyridine rings is 1. The minimum atomic E-state index is -0.437. The zero-order valence-electron chi connectivity index (χ0n) is 16.2. The second-order valence-corrected chi connectivity index (χ2v) is 8.53. The highest BCUT2D eigenvalue weighted by Gasteiger charge is 2.44. The number of carbonyl (C=O) groups excluding carboxylic acids is 1. The van der Waals surface area contributed by atoms with Crippen molar-refractivity contribution in [2.24, 2.45) is 0 Å². The molecular formula is C21H26ClN3O3. The van der Waals surface area contributed by atoms with Crippen LogP contribution in [0.3, 0.4) is 0 Å². The molecule has 3 heterocycles. The molecule has 0 radical (unpaired) electrons. The predicted octanol–water partition coefficient (Wildman–Crippen LogP) is 3.18. The number of fused-ring (bicyclic) bond motifs is 1. The maximum Gasteiger partial charge on any atom is 0.222 e. The number of benzene rings is 1. The minimum Gasteiger partial charge on any atom is -0.389 e. The van der Waals surface area contributed by atoms with Crippen LogP contribution >= 0.6 is 11.6 Å². The number of aliphatic hydroxyl groups excluding tert-OH is 1. The van der Waals surface area contributed by atoms with Gasteiger partial charge in [0.05, 0.1) is 24.9 Å². The molecule has 2 saturated heterocycles. The second-order valence-electron chi connectivity index (χ2n) is 8.12. The van der Waals surface area contributed by atoms with Gasteiger partial charge in [-0.2, -0.15) is 0 Å². The predicted molar refractivity (Wildman–Crippen MR) is 110 cm³/mol. The standard InChI is InChI=1S/C21H26ClN3O3/c1-13(26)24-20-9-15-7-17(18(22)8-16(15)10-23-20)14-3-5-25(6-4-14)21(2)12-28-11-19(21)27/h7-10,14,19,27H,3-6,11-12H2,1-2H3,(H,23,24,26). The van der Waals surface area contributed by atoms with E-state index in [2.05, 4.69) is 28.2 Å². The topological polar surface area (TPSA) is 74.7 Å². The fraction of sp³-hybridized carbons (Fsp3) is 0.524. The van der Waals surface area contributed by atoms with Crippen LogP contribution < -0.4 is 5.32 Å². The number of anilines is 1. The van der Waals surface area contributed by atoms with Crippen molar-refractivity contribution in [1.29, 1.82) is 0 Å². The molecule has 2 aliphatic rings. The van der Waals surface area contributed by atoms with Crippen LogP contribution in [0.5, 0.6) is 0 Å². The third-order valence-corrected chi connectivity index (χ3v) is 6.51. The van der Waals surface area contributed by atoms with Crippen LogP contribution in [-0.4, -0.2) is 58.8 Å². The molecule has 2 aliphatic heterocycles. The van der Waals surface area contributed by atoms with Gasteiger partial charge in [0, 0.05) is 23.5 Å². The van der Waals surface area contributed by atoms with E-state index in [0.717, 1.165) is 47.3 Å². The monoisotopic (exact) mass is 403 g/mol. The number of aliphatic hydroxyl groups is 1. The number of hydrogen-bond donors (Lipinski definition) is 2. The van der Waals surface area contributed by atoms with Crippen molar-refractivity contribution in [1.82, 2.24) is 9.88 Å². The molecule has 0 aliphatic carbocycles. The molecule has 0 bridgehead atoms. The number of nitrogens with one attached hydrogen (secondary N) is 1. The summed E-state index contributed by atoms with van der Waals surface area (Å²) in [7, 11) is 0. The second kappa shape index (κ2) is 7.59. The van der Waals surface area contributed by atoms with E-state index < -0.39 is 6.10 Å². The number of ether oxygens (including phenoxy) is 1. The molecule has 2 atom stereocenters. The van der Waals surface area contributed by atoms with Gasteiger partial charge in [-0.05, 0) is 67.9 Å². The van der Waals surface area contributed by atoms with E-state index in [9.17, 15) is 9.90 Å². The van der Waals surface area contributed by atoms with Crippen LogP contribution in [0, 0.1) is 0 Å². The van der Waals surface area contributed by atoms with Gasteiger partial charge in [0.25, 0.3) is 0 Å². The molecule has 28 heavy (non-hydrogen) atoms. The summed E-state index contributed by atoms with van der Waals surface area (Å²) in [6.45, 7) is 6.36. The van der Waals surface area contributed by atoms with E-state index in [4.69, 9.17) is 16.3 Å². The van der Waals surface area contributed by atoms with E-state index in [0.29, 0.717) is 24.9 Å². The highest BCUT2D eigenvalue weighted by molar-refractivity contribution is 6.32. The molecule has 2 unspecified atom stereocenters. The summed E-state index contributed by atoms with van der Waals surface area (Å²) in [5, 5.41) is 15.8. The fourth-order valence-corrected chi connectivity index (χ4v) is 4.73. The van der Waals surface area contributed by atoms with Crippen LogP contribution in [-0.2, 0) is 9.53 Å². The normalized spacial score (nSPS) is 26.6. The molecule has 2 fully saturated rings. The number of likely N-dealkylation sites (tertiary alicyclic amines) is 1. The number of hydrogen-bond acceptors (Lipinski definition) is 5. The maximum atomic E-state index is 11.3. The highest BCUT2D eigenvalue weighted by atomic mass is 35.5. The Balaban J connectivity index is 1.54. The third-order valence-electron chi connectivity index (χ3n) is 6.19. The van der Waals surface area contributed by atoms with E-state index in [1.165, 1.54) is 6.92 Å². The molecule has 1 aromatic carbocycles. The molecule has 1 aromatic heterocycles. The van der Waals surface area contributed by atoms with Crippen molar-refractivity contribution in [2.75, 3.05) is 31.6 Å². The van der Waals surface area contributed by atoms with Crippen LogP contribution in [0.25, 0.3) is 10.8 Å². The van der Waals surface area contributed by atoms with Gasteiger partial charge in [-0.15, -0.1) is 0 Å². The van der Waals surface area contributed by atoms with Crippen molar-refractivity contribution in [3.8, 4) is 0 Å².